The van der Waals surface area contributed by atoms with Crippen LogP contribution in [0.4, 0.5) is 0 Å². The van der Waals surface area contributed by atoms with Crippen molar-refractivity contribution < 1.29 is 20.1 Å². The molecule has 0 radical (unpaired) electrons. The van der Waals surface area contributed by atoms with Crippen LogP contribution in [0.2, 0.25) is 0 Å². The Morgan fingerprint density at radius 2 is 2.11 bits per heavy atom. The van der Waals surface area contributed by atoms with Crippen LogP contribution in [0.3, 0.4) is 0 Å². The minimum atomic E-state index is -0.861. The quantitative estimate of drug-likeness (QED) is 0.565. The molecule has 1 fully saturated rings. The maximum atomic E-state index is 12.1. The van der Waals surface area contributed by atoms with Crippen LogP contribution in [-0.4, -0.2) is 49.9 Å². The summed E-state index contributed by atoms with van der Waals surface area (Å²) >= 11 is 0. The summed E-state index contributed by atoms with van der Waals surface area (Å²) in [7, 11) is 0. The summed E-state index contributed by atoms with van der Waals surface area (Å²) in [5, 5.41) is 27.5. The van der Waals surface area contributed by atoms with Crippen molar-refractivity contribution in [2.45, 2.75) is 31.4 Å². The second kappa shape index (κ2) is 5.66. The van der Waals surface area contributed by atoms with Crippen molar-refractivity contribution in [1.29, 1.82) is 0 Å². The Morgan fingerprint density at radius 1 is 1.37 bits per heavy atom. The Bertz CT molecular complexity index is 551. The van der Waals surface area contributed by atoms with Crippen LogP contribution in [0.5, 0.6) is 0 Å². The summed E-state index contributed by atoms with van der Waals surface area (Å²) in [5.41, 5.74) is -1.12. The van der Waals surface area contributed by atoms with E-state index in [1.54, 1.807) is 0 Å². The van der Waals surface area contributed by atoms with Gasteiger partial charge in [-0.25, -0.2) is 4.79 Å². The molecule has 2 heterocycles. The van der Waals surface area contributed by atoms with E-state index in [9.17, 15) is 14.7 Å². The summed E-state index contributed by atoms with van der Waals surface area (Å²) in [5.74, 6) is 0. The van der Waals surface area contributed by atoms with Crippen LogP contribution in [0, 0.1) is 0 Å². The van der Waals surface area contributed by atoms with E-state index < -0.39 is 29.7 Å². The first-order chi connectivity index (χ1) is 9.08. The fourth-order valence-corrected chi connectivity index (χ4v) is 2.11. The third-order valence-electron chi connectivity index (χ3n) is 3.11. The number of aliphatic hydroxyl groups excluding tert-OH is 3. The molecule has 3 atom stereocenters. The fourth-order valence-electron chi connectivity index (χ4n) is 2.11. The smallest absolute Gasteiger partial charge is 0.333 e. The first-order valence-electron chi connectivity index (χ1n) is 5.95. The zero-order chi connectivity index (χ0) is 14.0. The van der Waals surface area contributed by atoms with Crippen LogP contribution >= 0.6 is 0 Å². The van der Waals surface area contributed by atoms with Crippen molar-refractivity contribution >= 4 is 0 Å². The normalized spacial score (nSPS) is 26.8. The average molecular weight is 272 g/mol. The van der Waals surface area contributed by atoms with Crippen molar-refractivity contribution in [1.82, 2.24) is 9.13 Å². The predicted octanol–water partition coefficient (Wildman–Crippen LogP) is -2.36. The molecule has 1 aromatic heterocycles. The minimum Gasteiger partial charge on any atom is -0.395 e. The van der Waals surface area contributed by atoms with E-state index in [0.29, 0.717) is 0 Å². The molecule has 2 rings (SSSR count). The molecule has 0 aliphatic carbocycles. The second-order valence-electron chi connectivity index (χ2n) is 4.33. The molecule has 1 saturated heterocycles. The molecule has 0 saturated carbocycles. The van der Waals surface area contributed by atoms with Gasteiger partial charge in [-0.3, -0.25) is 13.9 Å². The maximum Gasteiger partial charge on any atom is 0.333 e. The first kappa shape index (κ1) is 13.9. The Morgan fingerprint density at radius 3 is 2.68 bits per heavy atom. The molecule has 8 heteroatoms. The number of hydrogen-bond acceptors (Lipinski definition) is 6. The molecule has 19 heavy (non-hydrogen) atoms. The van der Waals surface area contributed by atoms with Gasteiger partial charge in [-0.05, 0) is 0 Å². The van der Waals surface area contributed by atoms with E-state index in [2.05, 4.69) is 0 Å². The molecule has 0 spiro atoms. The summed E-state index contributed by atoms with van der Waals surface area (Å²) in [6, 6.07) is 1.19. The molecule has 0 aromatic carbocycles. The van der Waals surface area contributed by atoms with E-state index >= 15 is 0 Å². The number of ether oxygens (including phenoxy) is 1. The zero-order valence-corrected chi connectivity index (χ0v) is 10.2. The lowest BCUT2D eigenvalue weighted by molar-refractivity contribution is -0.0463. The molecule has 1 aliphatic heterocycles. The van der Waals surface area contributed by atoms with E-state index in [1.807, 2.05) is 0 Å². The van der Waals surface area contributed by atoms with Gasteiger partial charge in [-0.2, -0.15) is 0 Å². The van der Waals surface area contributed by atoms with Gasteiger partial charge in [0.05, 0.1) is 25.9 Å². The predicted molar refractivity (Wildman–Crippen MR) is 63.7 cm³/mol. The Labute approximate surface area is 108 Å². The van der Waals surface area contributed by atoms with Crippen LogP contribution in [-0.2, 0) is 11.3 Å². The van der Waals surface area contributed by atoms with E-state index in [0.717, 1.165) is 4.57 Å². The average Bonchev–Trinajstić information content (AvgIpc) is 2.75. The monoisotopic (exact) mass is 272 g/mol. The van der Waals surface area contributed by atoms with Crippen LogP contribution in [0.15, 0.2) is 21.9 Å². The number of nitrogens with zero attached hydrogens (tertiary/aromatic N) is 2. The van der Waals surface area contributed by atoms with Crippen molar-refractivity contribution in [2.24, 2.45) is 0 Å². The van der Waals surface area contributed by atoms with Gasteiger partial charge >= 0.3 is 5.69 Å². The Hall–Kier alpha value is -1.48. The first-order valence-corrected chi connectivity index (χ1v) is 5.95. The van der Waals surface area contributed by atoms with Gasteiger partial charge in [0.2, 0.25) is 0 Å². The molecular weight excluding hydrogens is 256 g/mol. The lowest BCUT2D eigenvalue weighted by Gasteiger charge is -2.15. The van der Waals surface area contributed by atoms with Crippen molar-refractivity contribution in [3.05, 3.63) is 33.1 Å². The SMILES string of the molecule is O=c1ccn(C2CC(O)C(CO)O2)c(=O)n1CCO. The van der Waals surface area contributed by atoms with Crippen molar-refractivity contribution in [3.63, 3.8) is 0 Å². The number of rotatable bonds is 4. The standard InChI is InChI=1S/C11H16N2O6/c14-4-3-12-9(17)1-2-13(11(12)18)10-5-7(16)8(6-15)19-10/h1-2,7-8,10,14-16H,3-6H2. The third kappa shape index (κ3) is 2.61. The third-order valence-corrected chi connectivity index (χ3v) is 3.11. The summed E-state index contributed by atoms with van der Waals surface area (Å²) in [6.45, 7) is -0.771. The Balaban J connectivity index is 2.34. The molecule has 8 nitrogen and oxygen atoms in total. The van der Waals surface area contributed by atoms with E-state index in [1.165, 1.54) is 16.8 Å². The second-order valence-corrected chi connectivity index (χ2v) is 4.33. The van der Waals surface area contributed by atoms with Gasteiger partial charge < -0.3 is 20.1 Å². The molecule has 0 amide bonds. The molecular formula is C11H16N2O6. The van der Waals surface area contributed by atoms with E-state index in [4.69, 9.17) is 14.9 Å². The topological polar surface area (TPSA) is 114 Å². The number of aromatic nitrogens is 2. The highest BCUT2D eigenvalue weighted by Crippen LogP contribution is 2.26. The summed E-state index contributed by atoms with van der Waals surface area (Å²) in [4.78, 5) is 23.5. The number of hydrogen-bond donors (Lipinski definition) is 3. The molecule has 1 aromatic rings. The van der Waals surface area contributed by atoms with Gasteiger partial charge in [0.15, 0.2) is 0 Å². The zero-order valence-electron chi connectivity index (χ0n) is 10.2. The van der Waals surface area contributed by atoms with Crippen LogP contribution in [0.1, 0.15) is 12.6 Å². The summed E-state index contributed by atoms with van der Waals surface area (Å²) < 4.78 is 7.42. The van der Waals surface area contributed by atoms with E-state index in [-0.39, 0.29) is 26.2 Å². The molecule has 106 valence electrons. The molecule has 0 bridgehead atoms. The van der Waals surface area contributed by atoms with Gasteiger partial charge in [-0.15, -0.1) is 0 Å². The van der Waals surface area contributed by atoms with Gasteiger partial charge in [0.25, 0.3) is 5.56 Å². The number of aliphatic hydroxyl groups is 3. The van der Waals surface area contributed by atoms with Gasteiger partial charge in [0.1, 0.15) is 12.3 Å². The highest BCUT2D eigenvalue weighted by atomic mass is 16.5. The van der Waals surface area contributed by atoms with Gasteiger partial charge in [0, 0.05) is 18.7 Å². The highest BCUT2D eigenvalue weighted by Gasteiger charge is 2.35. The minimum absolute atomic E-state index is 0.1000. The fraction of sp³-hybridized carbons (Fsp3) is 0.636. The van der Waals surface area contributed by atoms with Crippen LogP contribution < -0.4 is 11.2 Å². The lowest BCUT2D eigenvalue weighted by atomic mass is 10.2. The molecule has 3 N–H and O–H groups in total. The van der Waals surface area contributed by atoms with Gasteiger partial charge in [-0.1, -0.05) is 0 Å². The molecule has 3 unspecified atom stereocenters. The lowest BCUT2D eigenvalue weighted by Crippen LogP contribution is -2.41. The van der Waals surface area contributed by atoms with Crippen molar-refractivity contribution in [2.75, 3.05) is 13.2 Å². The Kier molecular flexibility index (Phi) is 4.15. The van der Waals surface area contributed by atoms with Crippen LogP contribution in [0.25, 0.3) is 0 Å². The summed E-state index contributed by atoms with van der Waals surface area (Å²) in [6.07, 6.45) is -0.890. The molecule has 1 aliphatic rings. The van der Waals surface area contributed by atoms with Crippen molar-refractivity contribution in [3.8, 4) is 0 Å². The maximum absolute atomic E-state index is 12.1. The largest absolute Gasteiger partial charge is 0.395 e. The highest BCUT2D eigenvalue weighted by molar-refractivity contribution is 4.90.